The van der Waals surface area contributed by atoms with Gasteiger partial charge in [0.05, 0.1) is 16.0 Å². The monoisotopic (exact) mass is 497 g/mol. The SMILES string of the molecule is O=C(NCCN1C(=O)/C(=C\c2ccc3c(c2)OCO3)SC1=S)c1cc(Cl)nc2ccccc12. The first kappa shape index (κ1) is 21.7. The summed E-state index contributed by atoms with van der Waals surface area (Å²) in [5, 5.41) is 3.79. The van der Waals surface area contributed by atoms with Gasteiger partial charge < -0.3 is 14.8 Å². The van der Waals surface area contributed by atoms with Crippen LogP contribution in [0.15, 0.2) is 53.4 Å². The minimum absolute atomic E-state index is 0.189. The van der Waals surface area contributed by atoms with E-state index in [1.54, 1.807) is 18.2 Å². The van der Waals surface area contributed by atoms with Gasteiger partial charge in [0, 0.05) is 18.5 Å². The van der Waals surface area contributed by atoms with E-state index in [0.717, 1.165) is 5.56 Å². The number of carbonyl (C=O) groups excluding carboxylic acids is 2. The zero-order chi connectivity index (χ0) is 22.9. The summed E-state index contributed by atoms with van der Waals surface area (Å²) in [4.78, 5) is 31.9. The highest BCUT2D eigenvalue weighted by atomic mass is 35.5. The van der Waals surface area contributed by atoms with Crippen molar-refractivity contribution in [3.05, 3.63) is 69.7 Å². The number of para-hydroxylation sites is 1. The van der Waals surface area contributed by atoms with E-state index in [9.17, 15) is 9.59 Å². The third-order valence-corrected chi connectivity index (χ3v) is 6.69. The van der Waals surface area contributed by atoms with E-state index >= 15 is 0 Å². The van der Waals surface area contributed by atoms with Crippen LogP contribution in [-0.2, 0) is 4.79 Å². The smallest absolute Gasteiger partial charge is 0.266 e. The minimum atomic E-state index is -0.295. The molecule has 3 aromatic rings. The van der Waals surface area contributed by atoms with E-state index in [-0.39, 0.29) is 36.8 Å². The zero-order valence-corrected chi connectivity index (χ0v) is 19.4. The second-order valence-corrected chi connectivity index (χ2v) is 9.27. The maximum Gasteiger partial charge on any atom is 0.266 e. The summed E-state index contributed by atoms with van der Waals surface area (Å²) in [6.45, 7) is 0.677. The van der Waals surface area contributed by atoms with Gasteiger partial charge in [-0.25, -0.2) is 4.98 Å². The van der Waals surface area contributed by atoms with E-state index in [4.69, 9.17) is 33.3 Å². The molecule has 7 nitrogen and oxygen atoms in total. The summed E-state index contributed by atoms with van der Waals surface area (Å²) < 4.78 is 11.1. The molecule has 5 rings (SSSR count). The van der Waals surface area contributed by atoms with Gasteiger partial charge in [-0.05, 0) is 35.9 Å². The zero-order valence-electron chi connectivity index (χ0n) is 17.0. The molecule has 0 aliphatic carbocycles. The third-order valence-electron chi connectivity index (χ3n) is 5.12. The second-order valence-electron chi connectivity index (χ2n) is 7.21. The van der Waals surface area contributed by atoms with Crippen LogP contribution in [0.25, 0.3) is 17.0 Å². The first-order chi connectivity index (χ1) is 16.0. The molecule has 0 radical (unpaired) electrons. The molecule has 0 unspecified atom stereocenters. The number of ether oxygens (including phenoxy) is 2. The molecule has 0 atom stereocenters. The fraction of sp³-hybridized carbons (Fsp3) is 0.130. The molecule has 0 spiro atoms. The lowest BCUT2D eigenvalue weighted by atomic mass is 10.1. The highest BCUT2D eigenvalue weighted by Gasteiger charge is 2.32. The number of rotatable bonds is 5. The molecule has 1 aromatic heterocycles. The molecular formula is C23H16ClN3O4S2. The van der Waals surface area contributed by atoms with Crippen molar-refractivity contribution in [3.8, 4) is 11.5 Å². The number of pyridine rings is 1. The van der Waals surface area contributed by atoms with Crippen molar-refractivity contribution in [2.45, 2.75) is 0 Å². The van der Waals surface area contributed by atoms with Crippen molar-refractivity contribution in [3.63, 3.8) is 0 Å². The lowest BCUT2D eigenvalue weighted by Gasteiger charge is -2.15. The summed E-state index contributed by atoms with van der Waals surface area (Å²) in [5.41, 5.74) is 1.88. The fourth-order valence-electron chi connectivity index (χ4n) is 3.55. The van der Waals surface area contributed by atoms with Crippen LogP contribution in [0.4, 0.5) is 0 Å². The number of thiocarbonyl (C=S) groups is 1. The number of thioether (sulfide) groups is 1. The van der Waals surface area contributed by atoms with Crippen molar-refractivity contribution >= 4 is 68.7 Å². The lowest BCUT2D eigenvalue weighted by Crippen LogP contribution is -2.37. The van der Waals surface area contributed by atoms with Gasteiger partial charge in [-0.2, -0.15) is 0 Å². The van der Waals surface area contributed by atoms with E-state index in [1.807, 2.05) is 30.3 Å². The van der Waals surface area contributed by atoms with Crippen LogP contribution < -0.4 is 14.8 Å². The van der Waals surface area contributed by atoms with Crippen molar-refractivity contribution in [1.29, 1.82) is 0 Å². The molecule has 2 aliphatic rings. The van der Waals surface area contributed by atoms with Gasteiger partial charge in [0.15, 0.2) is 11.5 Å². The number of carbonyl (C=O) groups is 2. The third kappa shape index (κ3) is 4.39. The topological polar surface area (TPSA) is 80.8 Å². The van der Waals surface area contributed by atoms with Crippen molar-refractivity contribution in [2.24, 2.45) is 0 Å². The Hall–Kier alpha value is -3.14. The molecule has 3 heterocycles. The van der Waals surface area contributed by atoms with Gasteiger partial charge in [-0.15, -0.1) is 0 Å². The Morgan fingerprint density at radius 2 is 2.03 bits per heavy atom. The minimum Gasteiger partial charge on any atom is -0.454 e. The van der Waals surface area contributed by atoms with Gasteiger partial charge in [0.2, 0.25) is 6.79 Å². The maximum absolute atomic E-state index is 12.9. The Labute approximate surface area is 203 Å². The molecule has 1 N–H and O–H groups in total. The van der Waals surface area contributed by atoms with Crippen LogP contribution in [0.5, 0.6) is 11.5 Å². The molecule has 1 fully saturated rings. The summed E-state index contributed by atoms with van der Waals surface area (Å²) in [6.07, 6.45) is 1.77. The lowest BCUT2D eigenvalue weighted by molar-refractivity contribution is -0.122. The predicted molar refractivity (Wildman–Crippen MR) is 132 cm³/mol. The van der Waals surface area contributed by atoms with Crippen LogP contribution in [0.2, 0.25) is 5.15 Å². The van der Waals surface area contributed by atoms with Gasteiger partial charge in [0.25, 0.3) is 11.8 Å². The molecule has 1 saturated heterocycles. The number of fused-ring (bicyclic) bond motifs is 2. The Bertz CT molecular complexity index is 1340. The van der Waals surface area contributed by atoms with E-state index in [1.165, 1.54) is 22.7 Å². The number of hydrogen-bond acceptors (Lipinski definition) is 7. The molecule has 166 valence electrons. The maximum atomic E-state index is 12.9. The van der Waals surface area contributed by atoms with Crippen LogP contribution in [0.3, 0.4) is 0 Å². The Morgan fingerprint density at radius 1 is 1.21 bits per heavy atom. The first-order valence-corrected chi connectivity index (χ1v) is 11.6. The van der Waals surface area contributed by atoms with Crippen molar-refractivity contribution in [2.75, 3.05) is 19.9 Å². The summed E-state index contributed by atoms with van der Waals surface area (Å²) in [5.74, 6) is 0.829. The molecule has 10 heteroatoms. The average molecular weight is 498 g/mol. The highest BCUT2D eigenvalue weighted by Crippen LogP contribution is 2.36. The summed E-state index contributed by atoms with van der Waals surface area (Å²) >= 11 is 12.7. The van der Waals surface area contributed by atoms with Crippen LogP contribution in [0.1, 0.15) is 15.9 Å². The second kappa shape index (κ2) is 9.01. The number of amides is 2. The standard InChI is InChI=1S/C23H16ClN3O4S2/c24-20-11-15(14-3-1-2-4-16(14)26-20)21(28)25-7-8-27-22(29)19(33-23(27)32)10-13-5-6-17-18(9-13)31-12-30-17/h1-6,9-11H,7-8,12H2,(H,25,28)/b19-10+. The Balaban J connectivity index is 1.25. The van der Waals surface area contributed by atoms with Gasteiger partial charge in [-0.3, -0.25) is 14.5 Å². The summed E-state index contributed by atoms with van der Waals surface area (Å²) in [7, 11) is 0. The fourth-order valence-corrected chi connectivity index (χ4v) is 5.06. The average Bonchev–Trinajstić information content (AvgIpc) is 3.37. The molecular weight excluding hydrogens is 482 g/mol. The van der Waals surface area contributed by atoms with Crippen molar-refractivity contribution < 1.29 is 19.1 Å². The number of halogens is 1. The molecule has 0 saturated carbocycles. The van der Waals surface area contributed by atoms with Gasteiger partial charge in [-0.1, -0.05) is 59.8 Å². The largest absolute Gasteiger partial charge is 0.454 e. The normalized spacial score (nSPS) is 16.2. The van der Waals surface area contributed by atoms with Gasteiger partial charge >= 0.3 is 0 Å². The molecule has 2 aromatic carbocycles. The van der Waals surface area contributed by atoms with Gasteiger partial charge in [0.1, 0.15) is 9.47 Å². The van der Waals surface area contributed by atoms with Crippen LogP contribution in [-0.4, -0.2) is 45.9 Å². The number of nitrogens with one attached hydrogen (secondary N) is 1. The van der Waals surface area contributed by atoms with Crippen LogP contribution >= 0.6 is 35.6 Å². The number of benzene rings is 2. The van der Waals surface area contributed by atoms with E-state index < -0.39 is 0 Å². The molecule has 2 amide bonds. The molecule has 2 aliphatic heterocycles. The number of nitrogens with zero attached hydrogens (tertiary/aromatic N) is 2. The first-order valence-electron chi connectivity index (χ1n) is 9.98. The molecule has 33 heavy (non-hydrogen) atoms. The summed E-state index contributed by atoms with van der Waals surface area (Å²) in [6, 6.07) is 14.3. The number of aromatic nitrogens is 1. The van der Waals surface area contributed by atoms with E-state index in [2.05, 4.69) is 10.3 Å². The predicted octanol–water partition coefficient (Wildman–Crippen LogP) is 4.25. The molecule has 0 bridgehead atoms. The quantitative estimate of drug-likeness (QED) is 0.320. The highest BCUT2D eigenvalue weighted by molar-refractivity contribution is 8.26. The van der Waals surface area contributed by atoms with E-state index in [0.29, 0.717) is 37.2 Å². The van der Waals surface area contributed by atoms with Crippen molar-refractivity contribution in [1.82, 2.24) is 15.2 Å². The number of hydrogen-bond donors (Lipinski definition) is 1. The Morgan fingerprint density at radius 3 is 2.91 bits per heavy atom. The van der Waals surface area contributed by atoms with Crippen LogP contribution in [0, 0.1) is 0 Å². The Kier molecular flexibility index (Phi) is 5.92.